The number of piperazine rings is 1. The minimum atomic E-state index is -1.52. The highest BCUT2D eigenvalue weighted by Gasteiger charge is 2.25. The Balaban J connectivity index is 1.65. The molecule has 1 N–H and O–H groups in total. The van der Waals surface area contributed by atoms with E-state index in [-0.39, 0.29) is 37.4 Å². The number of benzene rings is 2. The number of anilines is 2. The molecule has 1 aliphatic rings. The average Bonchev–Trinajstić information content (AvgIpc) is 2.72. The molecular formula is C19H18F3N3O3. The molecule has 2 amide bonds. The molecule has 9 heteroatoms. The largest absolute Gasteiger partial charge is 0.465 e. The van der Waals surface area contributed by atoms with Crippen molar-refractivity contribution >= 4 is 23.4 Å². The number of halogens is 3. The van der Waals surface area contributed by atoms with Gasteiger partial charge in [0, 0.05) is 26.2 Å². The molecule has 6 nitrogen and oxygen atoms in total. The molecule has 0 unspecified atom stereocenters. The Morgan fingerprint density at radius 1 is 0.964 bits per heavy atom. The van der Waals surface area contributed by atoms with Crippen LogP contribution >= 0.6 is 0 Å². The first-order valence-electron chi connectivity index (χ1n) is 8.54. The Kier molecular flexibility index (Phi) is 5.72. The molecule has 1 fully saturated rings. The van der Waals surface area contributed by atoms with Crippen molar-refractivity contribution in [2.24, 2.45) is 0 Å². The zero-order chi connectivity index (χ0) is 20.3. The zero-order valence-electron chi connectivity index (χ0n) is 15.0. The van der Waals surface area contributed by atoms with E-state index in [0.29, 0.717) is 5.69 Å². The van der Waals surface area contributed by atoms with Crippen molar-refractivity contribution in [1.29, 1.82) is 0 Å². The number of methoxy groups -OCH3 is 1. The van der Waals surface area contributed by atoms with E-state index in [0.717, 1.165) is 6.07 Å². The van der Waals surface area contributed by atoms with Crippen molar-refractivity contribution in [2.75, 3.05) is 43.5 Å². The summed E-state index contributed by atoms with van der Waals surface area (Å²) in [5, 5.41) is 2.66. The van der Waals surface area contributed by atoms with Crippen molar-refractivity contribution in [3.05, 3.63) is 59.4 Å². The van der Waals surface area contributed by atoms with Crippen molar-refractivity contribution in [3.8, 4) is 0 Å². The van der Waals surface area contributed by atoms with Gasteiger partial charge in [0.2, 0.25) is 0 Å². The fourth-order valence-corrected chi connectivity index (χ4v) is 2.98. The number of amides is 2. The SMILES string of the molecule is COC(=O)c1ccccc1NC(=O)N1CCN(c2ccc(F)c(F)c2F)CC1. The van der Waals surface area contributed by atoms with Gasteiger partial charge in [0.25, 0.3) is 0 Å². The molecule has 1 saturated heterocycles. The van der Waals surface area contributed by atoms with Crippen molar-refractivity contribution < 1.29 is 27.5 Å². The van der Waals surface area contributed by atoms with Crippen LogP contribution in [-0.2, 0) is 4.74 Å². The molecule has 0 atom stereocenters. The van der Waals surface area contributed by atoms with Crippen molar-refractivity contribution in [1.82, 2.24) is 4.90 Å². The number of hydrogen-bond donors (Lipinski definition) is 1. The minimum absolute atomic E-state index is 0.0463. The van der Waals surface area contributed by atoms with Crippen LogP contribution in [0.4, 0.5) is 29.3 Å². The van der Waals surface area contributed by atoms with Crippen LogP contribution < -0.4 is 10.2 Å². The quantitative estimate of drug-likeness (QED) is 0.643. The van der Waals surface area contributed by atoms with Gasteiger partial charge in [-0.3, -0.25) is 0 Å². The first-order valence-corrected chi connectivity index (χ1v) is 8.54. The molecular weight excluding hydrogens is 375 g/mol. The Bertz CT molecular complexity index is 899. The molecule has 3 rings (SSSR count). The number of hydrogen-bond acceptors (Lipinski definition) is 4. The normalized spacial score (nSPS) is 14.0. The first-order chi connectivity index (χ1) is 13.4. The summed E-state index contributed by atoms with van der Waals surface area (Å²) in [5.74, 6) is -4.58. The van der Waals surface area contributed by atoms with E-state index in [2.05, 4.69) is 5.32 Å². The maximum atomic E-state index is 14.0. The maximum absolute atomic E-state index is 14.0. The predicted molar refractivity (Wildman–Crippen MR) is 96.9 cm³/mol. The zero-order valence-corrected chi connectivity index (χ0v) is 15.0. The molecule has 0 bridgehead atoms. The highest BCUT2D eigenvalue weighted by molar-refractivity contribution is 6.00. The molecule has 2 aromatic carbocycles. The lowest BCUT2D eigenvalue weighted by molar-refractivity contribution is 0.0602. The summed E-state index contributed by atoms with van der Waals surface area (Å²) in [6.07, 6.45) is 0. The molecule has 0 spiro atoms. The number of rotatable bonds is 3. The fraction of sp³-hybridized carbons (Fsp3) is 0.263. The Labute approximate surface area is 159 Å². The van der Waals surface area contributed by atoms with Crippen LogP contribution in [0.25, 0.3) is 0 Å². The number of ether oxygens (including phenoxy) is 1. The predicted octanol–water partition coefficient (Wildman–Crippen LogP) is 3.24. The second-order valence-corrected chi connectivity index (χ2v) is 6.14. The van der Waals surface area contributed by atoms with Crippen LogP contribution in [-0.4, -0.2) is 50.2 Å². The van der Waals surface area contributed by atoms with E-state index < -0.39 is 29.5 Å². The first kappa shape index (κ1) is 19.5. The van der Waals surface area contributed by atoms with E-state index in [1.807, 2.05) is 0 Å². The molecule has 0 saturated carbocycles. The van der Waals surface area contributed by atoms with Gasteiger partial charge in [-0.05, 0) is 24.3 Å². The fourth-order valence-electron chi connectivity index (χ4n) is 2.98. The van der Waals surface area contributed by atoms with E-state index >= 15 is 0 Å². The number of carbonyl (C=O) groups excluding carboxylic acids is 2. The van der Waals surface area contributed by atoms with Gasteiger partial charge >= 0.3 is 12.0 Å². The summed E-state index contributed by atoms with van der Waals surface area (Å²) >= 11 is 0. The number of nitrogens with zero attached hydrogens (tertiary/aromatic N) is 2. The van der Waals surface area contributed by atoms with Crippen LogP contribution in [0, 0.1) is 17.5 Å². The molecule has 0 aliphatic carbocycles. The second-order valence-electron chi connectivity index (χ2n) is 6.14. The highest BCUT2D eigenvalue weighted by atomic mass is 19.2. The van der Waals surface area contributed by atoms with Crippen LogP contribution in [0.15, 0.2) is 36.4 Å². The van der Waals surface area contributed by atoms with Gasteiger partial charge in [0.05, 0.1) is 24.0 Å². The summed E-state index contributed by atoms with van der Waals surface area (Å²) < 4.78 is 45.2. The van der Waals surface area contributed by atoms with Crippen LogP contribution in [0.1, 0.15) is 10.4 Å². The average molecular weight is 393 g/mol. The lowest BCUT2D eigenvalue weighted by atomic mass is 10.2. The molecule has 0 radical (unpaired) electrons. The molecule has 148 valence electrons. The number of para-hydroxylation sites is 1. The van der Waals surface area contributed by atoms with Gasteiger partial charge in [-0.25, -0.2) is 22.8 Å². The van der Waals surface area contributed by atoms with Gasteiger partial charge in [0.1, 0.15) is 0 Å². The van der Waals surface area contributed by atoms with Crippen molar-refractivity contribution in [3.63, 3.8) is 0 Å². The Morgan fingerprint density at radius 2 is 1.64 bits per heavy atom. The van der Waals surface area contributed by atoms with E-state index in [1.165, 1.54) is 24.1 Å². The summed E-state index contributed by atoms with van der Waals surface area (Å²) in [6, 6.07) is 8.06. The third-order valence-corrected chi connectivity index (χ3v) is 4.50. The topological polar surface area (TPSA) is 61.9 Å². The summed E-state index contributed by atoms with van der Waals surface area (Å²) in [5.41, 5.74) is 0.490. The van der Waals surface area contributed by atoms with Crippen LogP contribution in [0.3, 0.4) is 0 Å². The van der Waals surface area contributed by atoms with Crippen molar-refractivity contribution in [2.45, 2.75) is 0 Å². The summed E-state index contributed by atoms with van der Waals surface area (Å²) in [7, 11) is 1.25. The molecule has 28 heavy (non-hydrogen) atoms. The third-order valence-electron chi connectivity index (χ3n) is 4.50. The molecule has 1 heterocycles. The van der Waals surface area contributed by atoms with Crippen LogP contribution in [0.2, 0.25) is 0 Å². The van der Waals surface area contributed by atoms with Gasteiger partial charge < -0.3 is 19.9 Å². The highest BCUT2D eigenvalue weighted by Crippen LogP contribution is 2.25. The number of urea groups is 1. The van der Waals surface area contributed by atoms with Gasteiger partial charge in [-0.15, -0.1) is 0 Å². The van der Waals surface area contributed by atoms with E-state index in [9.17, 15) is 22.8 Å². The second kappa shape index (κ2) is 8.20. The van der Waals surface area contributed by atoms with Gasteiger partial charge in [0.15, 0.2) is 17.5 Å². The smallest absolute Gasteiger partial charge is 0.339 e. The third kappa shape index (κ3) is 3.88. The number of nitrogens with one attached hydrogen (secondary N) is 1. The standard InChI is InChI=1S/C19H18F3N3O3/c1-28-18(26)12-4-2-3-5-14(12)23-19(27)25-10-8-24(9-11-25)15-7-6-13(20)16(21)17(15)22/h2-7H,8-11H2,1H3,(H,23,27). The monoisotopic (exact) mass is 393 g/mol. The lowest BCUT2D eigenvalue weighted by Crippen LogP contribution is -2.50. The molecule has 2 aromatic rings. The van der Waals surface area contributed by atoms with Crippen LogP contribution in [0.5, 0.6) is 0 Å². The molecule has 0 aromatic heterocycles. The Hall–Kier alpha value is -3.23. The van der Waals surface area contributed by atoms with Gasteiger partial charge in [-0.1, -0.05) is 12.1 Å². The lowest BCUT2D eigenvalue weighted by Gasteiger charge is -2.36. The minimum Gasteiger partial charge on any atom is -0.465 e. The number of carbonyl (C=O) groups is 2. The van der Waals surface area contributed by atoms with E-state index in [4.69, 9.17) is 4.74 Å². The summed E-state index contributed by atoms with van der Waals surface area (Å²) in [6.45, 7) is 0.970. The number of esters is 1. The summed E-state index contributed by atoms with van der Waals surface area (Å²) in [4.78, 5) is 27.3. The maximum Gasteiger partial charge on any atom is 0.339 e. The Morgan fingerprint density at radius 3 is 2.32 bits per heavy atom. The van der Waals surface area contributed by atoms with E-state index in [1.54, 1.807) is 23.1 Å². The van der Waals surface area contributed by atoms with Gasteiger partial charge in [-0.2, -0.15) is 0 Å². The molecule has 1 aliphatic heterocycles.